The molecule has 0 saturated heterocycles. The number of hydrazine groups is 1. The van der Waals surface area contributed by atoms with Crippen LogP contribution in [-0.4, -0.2) is 66.8 Å². The lowest BCUT2D eigenvalue weighted by atomic mass is 9.96. The Hall–Kier alpha value is -7.20. The molecule has 2 amide bonds. The molecule has 0 aliphatic carbocycles. The third kappa shape index (κ3) is 5.70. The van der Waals surface area contributed by atoms with Crippen LogP contribution in [0.2, 0.25) is 0 Å². The number of fused-ring (bicyclic) bond motifs is 4. The average Bonchev–Trinajstić information content (AvgIpc) is 3.82. The summed E-state index contributed by atoms with van der Waals surface area (Å²) in [6.45, 7) is 2.01. The highest BCUT2D eigenvalue weighted by molar-refractivity contribution is 6.10. The SMILES string of the molecule is COc1ccc(-c2cc3[nH]ncc3cc2C)c2nnc(C(N)=O)c(N)c12.COc1ccc(-c2ccc3cn[nH]c3c2)c2nnc(C(=O)NN)cc12. The minimum atomic E-state index is -0.737. The Morgan fingerprint density at radius 1 is 0.745 bits per heavy atom. The Bertz CT molecular complexity index is 2650. The maximum absolute atomic E-state index is 11.7. The van der Waals surface area contributed by atoms with Gasteiger partial charge in [0.05, 0.1) is 48.7 Å². The van der Waals surface area contributed by atoms with Crippen LogP contribution in [0, 0.1) is 6.92 Å². The predicted octanol–water partition coefficient (Wildman–Crippen LogP) is 3.96. The number of nitrogens with zero attached hydrogens (tertiary/aromatic N) is 6. The van der Waals surface area contributed by atoms with E-state index in [2.05, 4.69) is 46.2 Å². The van der Waals surface area contributed by atoms with Crippen molar-refractivity contribution in [1.29, 1.82) is 0 Å². The van der Waals surface area contributed by atoms with Crippen molar-refractivity contribution in [2.24, 2.45) is 11.6 Å². The van der Waals surface area contributed by atoms with Crippen LogP contribution in [0.15, 0.2) is 73.1 Å². The van der Waals surface area contributed by atoms with E-state index < -0.39 is 11.8 Å². The predicted molar refractivity (Wildman–Crippen MR) is 192 cm³/mol. The van der Waals surface area contributed by atoms with Gasteiger partial charge >= 0.3 is 0 Å². The number of primary amides is 1. The third-order valence-corrected chi connectivity index (χ3v) is 8.50. The molecule has 0 aliphatic rings. The molecule has 0 radical (unpaired) electrons. The van der Waals surface area contributed by atoms with Gasteiger partial charge in [0, 0.05) is 27.3 Å². The molecule has 4 aromatic carbocycles. The van der Waals surface area contributed by atoms with E-state index in [9.17, 15) is 9.59 Å². The van der Waals surface area contributed by atoms with Gasteiger partial charge in [-0.05, 0) is 72.1 Å². The van der Waals surface area contributed by atoms with Crippen molar-refractivity contribution in [3.63, 3.8) is 0 Å². The number of benzene rings is 4. The fourth-order valence-electron chi connectivity index (χ4n) is 5.98. The first-order chi connectivity index (χ1) is 24.7. The van der Waals surface area contributed by atoms with Gasteiger partial charge in [-0.3, -0.25) is 25.2 Å². The Balaban J connectivity index is 0.000000159. The molecule has 254 valence electrons. The second-order valence-electron chi connectivity index (χ2n) is 11.4. The number of aryl methyl sites for hydroxylation is 1. The maximum Gasteiger partial charge on any atom is 0.285 e. The molecule has 16 nitrogen and oxygen atoms in total. The van der Waals surface area contributed by atoms with Crippen LogP contribution in [0.5, 0.6) is 11.5 Å². The number of rotatable bonds is 6. The molecular weight excluding hydrogens is 652 g/mol. The number of ether oxygens (including phenoxy) is 2. The summed E-state index contributed by atoms with van der Waals surface area (Å²) in [6, 6.07) is 19.0. The second-order valence-corrected chi connectivity index (χ2v) is 11.4. The molecule has 0 atom stereocenters. The van der Waals surface area contributed by atoms with Crippen molar-refractivity contribution < 1.29 is 19.1 Å². The van der Waals surface area contributed by atoms with Gasteiger partial charge in [0.15, 0.2) is 11.4 Å². The molecule has 9 N–H and O–H groups in total. The Morgan fingerprint density at radius 3 is 2.16 bits per heavy atom. The Kier molecular flexibility index (Phi) is 8.26. The number of hydrogen-bond donors (Lipinski definition) is 6. The van der Waals surface area contributed by atoms with Crippen molar-refractivity contribution in [2.75, 3.05) is 20.0 Å². The lowest BCUT2D eigenvalue weighted by Gasteiger charge is -2.14. The lowest BCUT2D eigenvalue weighted by Crippen LogP contribution is -2.30. The van der Waals surface area contributed by atoms with Gasteiger partial charge in [0.1, 0.15) is 22.5 Å². The number of methoxy groups -OCH3 is 2. The van der Waals surface area contributed by atoms with Crippen molar-refractivity contribution in [3.05, 3.63) is 90.0 Å². The maximum atomic E-state index is 11.7. The average molecular weight is 683 g/mol. The lowest BCUT2D eigenvalue weighted by molar-refractivity contribution is 0.0946. The Morgan fingerprint density at radius 2 is 1.43 bits per heavy atom. The van der Waals surface area contributed by atoms with Crippen molar-refractivity contribution >= 4 is 61.1 Å². The number of carbonyl (C=O) groups excluding carboxylic acids is 2. The number of hydrogen-bond acceptors (Lipinski definition) is 12. The van der Waals surface area contributed by atoms with Gasteiger partial charge in [0.2, 0.25) is 0 Å². The van der Waals surface area contributed by atoms with E-state index in [0.717, 1.165) is 49.6 Å². The number of H-pyrrole nitrogens is 2. The zero-order chi connectivity index (χ0) is 35.8. The zero-order valence-electron chi connectivity index (χ0n) is 27.5. The summed E-state index contributed by atoms with van der Waals surface area (Å²) < 4.78 is 10.8. The van der Waals surface area contributed by atoms with E-state index in [4.69, 9.17) is 26.8 Å². The first kappa shape index (κ1) is 32.4. The molecule has 4 heterocycles. The summed E-state index contributed by atoms with van der Waals surface area (Å²) in [5.74, 6) is 5.02. The summed E-state index contributed by atoms with van der Waals surface area (Å²) in [5.41, 5.74) is 21.4. The Labute approximate surface area is 288 Å². The van der Waals surface area contributed by atoms with Crippen LogP contribution >= 0.6 is 0 Å². The minimum Gasteiger partial charge on any atom is -0.496 e. The van der Waals surface area contributed by atoms with Crippen LogP contribution in [0.3, 0.4) is 0 Å². The molecule has 0 unspecified atom stereocenters. The molecule has 0 fully saturated rings. The first-order valence-corrected chi connectivity index (χ1v) is 15.4. The monoisotopic (exact) mass is 682 g/mol. The number of anilines is 1. The molecule has 51 heavy (non-hydrogen) atoms. The summed E-state index contributed by atoms with van der Waals surface area (Å²) in [4.78, 5) is 23.3. The molecule has 8 rings (SSSR count). The third-order valence-electron chi connectivity index (χ3n) is 8.50. The van der Waals surface area contributed by atoms with Gasteiger partial charge in [0.25, 0.3) is 11.8 Å². The van der Waals surface area contributed by atoms with Gasteiger partial charge < -0.3 is 20.9 Å². The number of amides is 2. The molecule has 8 aromatic rings. The van der Waals surface area contributed by atoms with E-state index in [-0.39, 0.29) is 17.1 Å². The number of nitrogens with one attached hydrogen (secondary N) is 3. The highest BCUT2D eigenvalue weighted by Gasteiger charge is 2.20. The first-order valence-electron chi connectivity index (χ1n) is 15.4. The van der Waals surface area contributed by atoms with Crippen LogP contribution < -0.4 is 32.2 Å². The molecule has 0 saturated carbocycles. The number of aromatic nitrogens is 8. The number of carbonyl (C=O) groups is 2. The van der Waals surface area contributed by atoms with E-state index >= 15 is 0 Å². The smallest absolute Gasteiger partial charge is 0.285 e. The van der Waals surface area contributed by atoms with Crippen molar-refractivity contribution in [1.82, 2.24) is 46.2 Å². The highest BCUT2D eigenvalue weighted by atomic mass is 16.5. The van der Waals surface area contributed by atoms with Crippen LogP contribution in [0.25, 0.3) is 65.9 Å². The van der Waals surface area contributed by atoms with Gasteiger partial charge in [-0.1, -0.05) is 12.1 Å². The molecule has 0 aliphatic heterocycles. The van der Waals surface area contributed by atoms with Crippen LogP contribution in [0.1, 0.15) is 26.5 Å². The fraction of sp³-hybridized carbons (Fsp3) is 0.0857. The minimum absolute atomic E-state index is 0.0753. The molecule has 4 aromatic heterocycles. The molecule has 0 spiro atoms. The number of nitrogens with two attached hydrogens (primary N) is 3. The van der Waals surface area contributed by atoms with Gasteiger partial charge in [-0.25, -0.2) is 5.84 Å². The molecule has 16 heteroatoms. The summed E-state index contributed by atoms with van der Waals surface area (Å²) in [7, 11) is 3.09. The number of aromatic amines is 2. The second kappa shape index (κ2) is 13.0. The van der Waals surface area contributed by atoms with Crippen molar-refractivity contribution in [3.8, 4) is 33.8 Å². The largest absolute Gasteiger partial charge is 0.496 e. The standard InChI is InChI=1S/C18H16N6O2.C17H14N6O2/c1-8-5-9-7-21-22-12(9)6-11(8)10-3-4-13(26-2)14-15(19)17(18(20)25)24-23-16(10)14;1-25-15-5-4-11(9-2-3-10-8-19-21-13(10)6-9)16-12(15)7-14(22-23-16)17(24)20-18/h3-7H,1-2H3,(H2,19,23)(H2,20,25)(H,21,22);2-8H,18H2,1H3,(H,19,21)(H,20,24). The van der Waals surface area contributed by atoms with E-state index in [1.807, 2.05) is 55.5 Å². The number of nitrogen functional groups attached to an aromatic ring is 2. The van der Waals surface area contributed by atoms with E-state index in [1.54, 1.807) is 31.6 Å². The summed E-state index contributed by atoms with van der Waals surface area (Å²) in [6.07, 6.45) is 3.54. The highest BCUT2D eigenvalue weighted by Crippen LogP contribution is 2.39. The van der Waals surface area contributed by atoms with E-state index in [1.165, 1.54) is 7.11 Å². The zero-order valence-corrected chi connectivity index (χ0v) is 27.5. The fourth-order valence-corrected chi connectivity index (χ4v) is 5.98. The quantitative estimate of drug-likeness (QED) is 0.0828. The topological polar surface area (TPSA) is 252 Å². The van der Waals surface area contributed by atoms with Gasteiger partial charge in [-0.2, -0.15) is 10.2 Å². The van der Waals surface area contributed by atoms with Crippen LogP contribution in [-0.2, 0) is 0 Å². The van der Waals surface area contributed by atoms with E-state index in [0.29, 0.717) is 33.3 Å². The summed E-state index contributed by atoms with van der Waals surface area (Å²) >= 11 is 0. The van der Waals surface area contributed by atoms with Gasteiger partial charge in [-0.15, -0.1) is 20.4 Å². The normalized spacial score (nSPS) is 11.1. The van der Waals surface area contributed by atoms with Crippen LogP contribution in [0.4, 0.5) is 5.69 Å². The molecular formula is C35H30N12O4. The van der Waals surface area contributed by atoms with Crippen molar-refractivity contribution in [2.45, 2.75) is 6.92 Å². The molecule has 0 bridgehead atoms. The summed E-state index contributed by atoms with van der Waals surface area (Å²) in [5, 5.41) is 33.6.